The summed E-state index contributed by atoms with van der Waals surface area (Å²) in [6.45, 7) is 3.62. The zero-order valence-corrected chi connectivity index (χ0v) is 12.0. The summed E-state index contributed by atoms with van der Waals surface area (Å²) in [7, 11) is 0. The van der Waals surface area contributed by atoms with E-state index in [4.69, 9.17) is 4.74 Å². The molecule has 108 valence electrons. The van der Waals surface area contributed by atoms with Crippen LogP contribution in [-0.2, 0) is 4.74 Å². The Morgan fingerprint density at radius 2 is 1.81 bits per heavy atom. The second kappa shape index (κ2) is 6.70. The van der Waals surface area contributed by atoms with Crippen LogP contribution in [0.2, 0.25) is 0 Å². The molecule has 0 fully saturated rings. The first-order valence-electron chi connectivity index (χ1n) is 6.69. The van der Waals surface area contributed by atoms with E-state index in [1.807, 2.05) is 19.9 Å². The smallest absolute Gasteiger partial charge is 0.338 e. The van der Waals surface area contributed by atoms with Gasteiger partial charge in [-0.2, -0.15) is 0 Å². The van der Waals surface area contributed by atoms with E-state index in [-0.39, 0.29) is 17.8 Å². The fourth-order valence-corrected chi connectivity index (χ4v) is 1.71. The first-order valence-corrected chi connectivity index (χ1v) is 6.69. The quantitative estimate of drug-likeness (QED) is 0.687. The minimum absolute atomic E-state index is 0.142. The average molecular weight is 283 g/mol. The molecule has 1 N–H and O–H groups in total. The topological polar surface area (TPSA) is 58.9 Å². The van der Waals surface area contributed by atoms with Crippen LogP contribution in [0.3, 0.4) is 0 Å². The average Bonchev–Trinajstić information content (AvgIpc) is 2.46. The molecule has 0 heterocycles. The Hall–Kier alpha value is -2.62. The summed E-state index contributed by atoms with van der Waals surface area (Å²) in [6, 6.07) is 13.7. The van der Waals surface area contributed by atoms with Crippen LogP contribution in [0.4, 0.5) is 5.69 Å². The predicted molar refractivity (Wildman–Crippen MR) is 82.4 cm³/mol. The van der Waals surface area contributed by atoms with Crippen LogP contribution in [-0.4, -0.2) is 23.4 Å². The van der Waals surface area contributed by atoms with E-state index in [2.05, 4.69) is 4.99 Å². The third-order valence-corrected chi connectivity index (χ3v) is 2.74. The summed E-state index contributed by atoms with van der Waals surface area (Å²) in [6.07, 6.45) is 1.44. The van der Waals surface area contributed by atoms with E-state index in [1.165, 1.54) is 0 Å². The molecule has 0 amide bonds. The maximum Gasteiger partial charge on any atom is 0.338 e. The lowest BCUT2D eigenvalue weighted by atomic mass is 10.2. The lowest BCUT2D eigenvalue weighted by Crippen LogP contribution is -2.11. The van der Waals surface area contributed by atoms with Crippen molar-refractivity contribution in [2.24, 2.45) is 4.99 Å². The molecule has 0 aliphatic rings. The van der Waals surface area contributed by atoms with Gasteiger partial charge in [0.15, 0.2) is 0 Å². The minimum atomic E-state index is -0.346. The molecule has 21 heavy (non-hydrogen) atoms. The summed E-state index contributed by atoms with van der Waals surface area (Å²) in [4.78, 5) is 16.0. The molecule has 4 nitrogen and oxygen atoms in total. The lowest BCUT2D eigenvalue weighted by Gasteiger charge is -2.07. The fourth-order valence-electron chi connectivity index (χ4n) is 1.71. The maximum absolute atomic E-state index is 11.7. The second-order valence-electron chi connectivity index (χ2n) is 4.82. The number of para-hydroxylation sites is 1. The molecule has 2 rings (SSSR count). The van der Waals surface area contributed by atoms with E-state index in [0.717, 1.165) is 0 Å². The van der Waals surface area contributed by atoms with Gasteiger partial charge in [-0.1, -0.05) is 12.1 Å². The van der Waals surface area contributed by atoms with Crippen molar-refractivity contribution in [2.75, 3.05) is 0 Å². The Bertz CT molecular complexity index is 645. The number of hydrogen-bond donors (Lipinski definition) is 1. The van der Waals surface area contributed by atoms with Crippen molar-refractivity contribution in [3.05, 3.63) is 59.7 Å². The van der Waals surface area contributed by atoms with Crippen molar-refractivity contribution < 1.29 is 14.6 Å². The molecule has 4 heteroatoms. The van der Waals surface area contributed by atoms with Crippen molar-refractivity contribution in [1.82, 2.24) is 0 Å². The number of aliphatic imine (C=N–C) groups is 1. The standard InChI is InChI=1S/C17H17NO3/c1-12(2)21-17(20)13-7-9-15(10-8-13)18-11-14-5-3-4-6-16(14)19/h3-12,19H,1-2H3. The van der Waals surface area contributed by atoms with Gasteiger partial charge in [0.25, 0.3) is 0 Å². The Labute approximate surface area is 123 Å². The molecule has 0 radical (unpaired) electrons. The van der Waals surface area contributed by atoms with E-state index in [1.54, 1.807) is 48.7 Å². The second-order valence-corrected chi connectivity index (χ2v) is 4.82. The van der Waals surface area contributed by atoms with Crippen LogP contribution in [0.25, 0.3) is 0 Å². The van der Waals surface area contributed by atoms with E-state index < -0.39 is 0 Å². The van der Waals surface area contributed by atoms with Gasteiger partial charge in [-0.25, -0.2) is 4.79 Å². The molecular weight excluding hydrogens is 266 g/mol. The maximum atomic E-state index is 11.7. The Balaban J connectivity index is 2.09. The number of phenols is 1. The molecule has 0 aliphatic heterocycles. The molecule has 0 aliphatic carbocycles. The molecule has 0 spiro atoms. The third kappa shape index (κ3) is 4.18. The van der Waals surface area contributed by atoms with Gasteiger partial charge < -0.3 is 9.84 Å². The van der Waals surface area contributed by atoms with Gasteiger partial charge in [0, 0.05) is 11.8 Å². The SMILES string of the molecule is CC(C)OC(=O)c1ccc(N=Cc2ccccc2O)cc1. The van der Waals surface area contributed by atoms with Crippen LogP contribution in [0.5, 0.6) is 5.75 Å². The van der Waals surface area contributed by atoms with E-state index in [9.17, 15) is 9.90 Å². The van der Waals surface area contributed by atoms with E-state index >= 15 is 0 Å². The van der Waals surface area contributed by atoms with Crippen molar-refractivity contribution in [1.29, 1.82) is 0 Å². The summed E-state index contributed by atoms with van der Waals surface area (Å²) in [5, 5.41) is 9.64. The number of benzene rings is 2. The fraction of sp³-hybridized carbons (Fsp3) is 0.176. The number of aromatic hydroxyl groups is 1. The summed E-state index contributed by atoms with van der Waals surface area (Å²) in [5.74, 6) is -0.167. The highest BCUT2D eigenvalue weighted by atomic mass is 16.5. The molecule has 2 aromatic rings. The number of carbonyl (C=O) groups is 1. The first kappa shape index (κ1) is 14.8. The highest BCUT2D eigenvalue weighted by Crippen LogP contribution is 2.17. The Morgan fingerprint density at radius 3 is 2.43 bits per heavy atom. The number of nitrogens with zero attached hydrogens (tertiary/aromatic N) is 1. The van der Waals surface area contributed by atoms with Gasteiger partial charge in [-0.3, -0.25) is 4.99 Å². The van der Waals surface area contributed by atoms with Crippen LogP contribution in [0.15, 0.2) is 53.5 Å². The normalized spacial score (nSPS) is 11.0. The van der Waals surface area contributed by atoms with Crippen molar-refractivity contribution >= 4 is 17.9 Å². The molecule has 0 atom stereocenters. The summed E-state index contributed by atoms with van der Waals surface area (Å²) >= 11 is 0. The number of hydrogen-bond acceptors (Lipinski definition) is 4. The molecule has 0 aromatic heterocycles. The van der Waals surface area contributed by atoms with Crippen LogP contribution >= 0.6 is 0 Å². The monoisotopic (exact) mass is 283 g/mol. The van der Waals surface area contributed by atoms with Crippen molar-refractivity contribution in [3.63, 3.8) is 0 Å². The van der Waals surface area contributed by atoms with Crippen LogP contribution < -0.4 is 0 Å². The first-order chi connectivity index (χ1) is 10.1. The van der Waals surface area contributed by atoms with Gasteiger partial charge in [-0.05, 0) is 50.2 Å². The predicted octanol–water partition coefficient (Wildman–Crippen LogP) is 3.71. The van der Waals surface area contributed by atoms with Gasteiger partial charge in [-0.15, -0.1) is 0 Å². The molecule has 0 saturated heterocycles. The minimum Gasteiger partial charge on any atom is -0.507 e. The molecule has 2 aromatic carbocycles. The molecule has 0 unspecified atom stereocenters. The number of rotatable bonds is 4. The zero-order valence-electron chi connectivity index (χ0n) is 12.0. The van der Waals surface area contributed by atoms with Crippen LogP contribution in [0.1, 0.15) is 29.8 Å². The van der Waals surface area contributed by atoms with Gasteiger partial charge in [0.1, 0.15) is 5.75 Å². The number of esters is 1. The number of carbonyl (C=O) groups excluding carboxylic acids is 1. The third-order valence-electron chi connectivity index (χ3n) is 2.74. The van der Waals surface area contributed by atoms with Crippen molar-refractivity contribution in [2.45, 2.75) is 20.0 Å². The number of phenolic OH excluding ortho intramolecular Hbond substituents is 1. The molecule has 0 bridgehead atoms. The van der Waals surface area contributed by atoms with Gasteiger partial charge in [0.05, 0.1) is 17.4 Å². The summed E-state index contributed by atoms with van der Waals surface area (Å²) in [5.41, 5.74) is 1.82. The van der Waals surface area contributed by atoms with E-state index in [0.29, 0.717) is 16.8 Å². The van der Waals surface area contributed by atoms with Gasteiger partial charge in [0.2, 0.25) is 0 Å². The number of ether oxygens (including phenoxy) is 1. The van der Waals surface area contributed by atoms with Crippen LogP contribution in [0, 0.1) is 0 Å². The molecule has 0 saturated carbocycles. The lowest BCUT2D eigenvalue weighted by molar-refractivity contribution is 0.0378. The Kier molecular flexibility index (Phi) is 4.72. The highest BCUT2D eigenvalue weighted by molar-refractivity contribution is 5.90. The van der Waals surface area contributed by atoms with Gasteiger partial charge >= 0.3 is 5.97 Å². The highest BCUT2D eigenvalue weighted by Gasteiger charge is 2.08. The molecular formula is C17H17NO3. The Morgan fingerprint density at radius 1 is 1.14 bits per heavy atom. The largest absolute Gasteiger partial charge is 0.507 e. The zero-order chi connectivity index (χ0) is 15.2. The van der Waals surface area contributed by atoms with Crippen molar-refractivity contribution in [3.8, 4) is 5.75 Å². The summed E-state index contributed by atoms with van der Waals surface area (Å²) < 4.78 is 5.11.